The first-order chi connectivity index (χ1) is 17.1. The van der Waals surface area contributed by atoms with Crippen LogP contribution < -0.4 is 4.74 Å². The van der Waals surface area contributed by atoms with Gasteiger partial charge in [0.25, 0.3) is 0 Å². The molecule has 0 aliphatic carbocycles. The number of aromatic nitrogens is 2. The summed E-state index contributed by atoms with van der Waals surface area (Å²) in [6.07, 6.45) is -0.634. The van der Waals surface area contributed by atoms with Crippen LogP contribution in [0.3, 0.4) is 0 Å². The van der Waals surface area contributed by atoms with Crippen molar-refractivity contribution < 1.29 is 14.6 Å². The molecule has 4 aromatic rings. The Kier molecular flexibility index (Phi) is 8.55. The van der Waals surface area contributed by atoms with Gasteiger partial charge in [0.1, 0.15) is 5.75 Å². The molecule has 0 radical (unpaired) electrons. The van der Waals surface area contributed by atoms with Gasteiger partial charge in [-0.3, -0.25) is 4.90 Å². The van der Waals surface area contributed by atoms with Gasteiger partial charge in [0.15, 0.2) is 0 Å². The third-order valence-electron chi connectivity index (χ3n) is 5.79. The minimum Gasteiger partial charge on any atom is -0.437 e. The van der Waals surface area contributed by atoms with Gasteiger partial charge in [-0.1, -0.05) is 72.3 Å². The van der Waals surface area contributed by atoms with Gasteiger partial charge < -0.3 is 14.6 Å². The Morgan fingerprint density at radius 1 is 0.971 bits per heavy atom. The summed E-state index contributed by atoms with van der Waals surface area (Å²) >= 11 is 6.43. The molecule has 1 atom stereocenters. The van der Waals surface area contributed by atoms with Gasteiger partial charge >= 0.3 is 0 Å². The van der Waals surface area contributed by atoms with Crippen molar-refractivity contribution in [2.45, 2.75) is 19.6 Å². The summed E-state index contributed by atoms with van der Waals surface area (Å²) in [6.45, 7) is 4.10. The highest BCUT2D eigenvalue weighted by molar-refractivity contribution is 6.32. The number of rotatable bonds is 11. The third kappa shape index (κ3) is 6.29. The molecule has 182 valence electrons. The van der Waals surface area contributed by atoms with E-state index in [9.17, 15) is 5.11 Å². The monoisotopic (exact) mass is 491 g/mol. The molecule has 4 rings (SSSR count). The Hall–Kier alpha value is -3.16. The lowest BCUT2D eigenvalue weighted by atomic mass is 10.1. The van der Waals surface area contributed by atoms with E-state index in [4.69, 9.17) is 26.2 Å². The van der Waals surface area contributed by atoms with Crippen LogP contribution in [0.15, 0.2) is 84.9 Å². The van der Waals surface area contributed by atoms with Crippen molar-refractivity contribution >= 4 is 11.6 Å². The summed E-state index contributed by atoms with van der Waals surface area (Å²) in [7, 11) is 1.68. The molecule has 1 unspecified atom stereocenters. The summed E-state index contributed by atoms with van der Waals surface area (Å²) in [5.41, 5.74) is 3.52. The molecule has 0 saturated carbocycles. The van der Waals surface area contributed by atoms with Gasteiger partial charge in [-0.25, -0.2) is 4.68 Å². The first kappa shape index (κ1) is 24.9. The highest BCUT2D eigenvalue weighted by Gasteiger charge is 2.23. The molecule has 0 aliphatic heterocycles. The van der Waals surface area contributed by atoms with Crippen molar-refractivity contribution in [1.29, 1.82) is 0 Å². The number of benzene rings is 3. The molecule has 1 N–H and O–H groups in total. The summed E-state index contributed by atoms with van der Waals surface area (Å²) in [4.78, 5) is 2.15. The van der Waals surface area contributed by atoms with Gasteiger partial charge in [0.05, 0.1) is 34.7 Å². The minimum absolute atomic E-state index is 0.439. The molecule has 0 amide bonds. The number of halogens is 1. The zero-order chi connectivity index (χ0) is 24.6. The molecule has 0 bridgehead atoms. The van der Waals surface area contributed by atoms with Crippen molar-refractivity contribution in [3.05, 3.63) is 107 Å². The molecule has 0 fully saturated rings. The Balaban J connectivity index is 1.69. The van der Waals surface area contributed by atoms with E-state index >= 15 is 0 Å². The quantitative estimate of drug-likeness (QED) is 0.287. The van der Waals surface area contributed by atoms with Crippen LogP contribution in [0.1, 0.15) is 22.9 Å². The fourth-order valence-electron chi connectivity index (χ4n) is 3.91. The lowest BCUT2D eigenvalue weighted by molar-refractivity contribution is 0.0844. The highest BCUT2D eigenvalue weighted by Crippen LogP contribution is 2.35. The molecular formula is C28H30ClN3O3. The lowest BCUT2D eigenvalue weighted by Gasteiger charge is -2.25. The predicted molar refractivity (Wildman–Crippen MR) is 138 cm³/mol. The molecule has 6 nitrogen and oxygen atoms in total. The lowest BCUT2D eigenvalue weighted by Crippen LogP contribution is -2.31. The minimum atomic E-state index is -0.634. The van der Waals surface area contributed by atoms with E-state index in [0.29, 0.717) is 42.9 Å². The smallest absolute Gasteiger partial charge is 0.227 e. The second kappa shape index (κ2) is 12.0. The molecule has 1 aromatic heterocycles. The third-order valence-corrected chi connectivity index (χ3v) is 6.10. The molecular weight excluding hydrogens is 462 g/mol. The second-order valence-corrected chi connectivity index (χ2v) is 8.71. The average molecular weight is 492 g/mol. The summed E-state index contributed by atoms with van der Waals surface area (Å²) < 4.78 is 13.5. The molecule has 0 spiro atoms. The number of hydrogen-bond donors (Lipinski definition) is 1. The van der Waals surface area contributed by atoms with E-state index < -0.39 is 6.10 Å². The summed E-state index contributed by atoms with van der Waals surface area (Å²) in [6, 6.07) is 26.9. The van der Waals surface area contributed by atoms with Crippen LogP contribution in [0, 0.1) is 6.92 Å². The SMILES string of the molecule is COCCN(Cc1c(C)nn(-c2ccccc2)c1Oc1ccccc1Cl)CC(O)c1ccccc1. The fraction of sp³-hybridized carbons (Fsp3) is 0.250. The number of methoxy groups -OCH3 is 1. The van der Waals surface area contributed by atoms with Gasteiger partial charge in [-0.15, -0.1) is 0 Å². The maximum atomic E-state index is 10.9. The molecule has 1 heterocycles. The first-order valence-electron chi connectivity index (χ1n) is 11.6. The van der Waals surface area contributed by atoms with Gasteiger partial charge in [0.2, 0.25) is 5.88 Å². The Morgan fingerprint density at radius 3 is 2.31 bits per heavy atom. The number of ether oxygens (including phenoxy) is 2. The topological polar surface area (TPSA) is 59.8 Å². The van der Waals surface area contributed by atoms with E-state index in [1.165, 1.54) is 0 Å². The van der Waals surface area contributed by atoms with Crippen molar-refractivity contribution in [2.75, 3.05) is 26.8 Å². The number of para-hydroxylation sites is 2. The largest absolute Gasteiger partial charge is 0.437 e. The Morgan fingerprint density at radius 2 is 1.63 bits per heavy atom. The van der Waals surface area contributed by atoms with Crippen LogP contribution in [0.5, 0.6) is 11.6 Å². The summed E-state index contributed by atoms with van der Waals surface area (Å²) in [5, 5.41) is 16.2. The number of nitrogens with zero attached hydrogens (tertiary/aromatic N) is 3. The van der Waals surface area contributed by atoms with Crippen LogP contribution >= 0.6 is 11.6 Å². The zero-order valence-corrected chi connectivity index (χ0v) is 20.7. The fourth-order valence-corrected chi connectivity index (χ4v) is 4.08. The number of aryl methyl sites for hydroxylation is 1. The van der Waals surface area contributed by atoms with Crippen LogP contribution in [-0.2, 0) is 11.3 Å². The van der Waals surface area contributed by atoms with E-state index in [2.05, 4.69) is 4.90 Å². The number of hydrogen-bond acceptors (Lipinski definition) is 5. The summed E-state index contributed by atoms with van der Waals surface area (Å²) in [5.74, 6) is 1.15. The van der Waals surface area contributed by atoms with Crippen LogP contribution in [-0.4, -0.2) is 46.6 Å². The molecule has 35 heavy (non-hydrogen) atoms. The number of aliphatic hydroxyl groups is 1. The van der Waals surface area contributed by atoms with Crippen molar-refractivity contribution in [3.8, 4) is 17.3 Å². The van der Waals surface area contributed by atoms with E-state index in [1.807, 2.05) is 85.8 Å². The normalized spacial score (nSPS) is 12.1. The van der Waals surface area contributed by atoms with E-state index in [-0.39, 0.29) is 0 Å². The van der Waals surface area contributed by atoms with Crippen molar-refractivity contribution in [2.24, 2.45) is 0 Å². The number of aliphatic hydroxyl groups excluding tert-OH is 1. The van der Waals surface area contributed by atoms with Crippen LogP contribution in [0.25, 0.3) is 5.69 Å². The standard InChI is InChI=1S/C28H30ClN3O3/c1-21-24(19-31(17-18-34-2)20-26(33)22-11-5-3-6-12-22)28(35-27-16-10-9-15-25(27)29)32(30-21)23-13-7-4-8-14-23/h3-16,26,33H,17-20H2,1-2H3. The Bertz CT molecular complexity index is 1210. The van der Waals surface area contributed by atoms with Crippen LogP contribution in [0.4, 0.5) is 0 Å². The zero-order valence-electron chi connectivity index (χ0n) is 20.0. The van der Waals surface area contributed by atoms with Gasteiger partial charge in [0, 0.05) is 26.7 Å². The second-order valence-electron chi connectivity index (χ2n) is 8.30. The maximum Gasteiger partial charge on any atom is 0.227 e. The van der Waals surface area contributed by atoms with E-state index in [0.717, 1.165) is 22.5 Å². The van der Waals surface area contributed by atoms with Crippen molar-refractivity contribution in [3.63, 3.8) is 0 Å². The maximum absolute atomic E-state index is 10.9. The van der Waals surface area contributed by atoms with Crippen molar-refractivity contribution in [1.82, 2.24) is 14.7 Å². The predicted octanol–water partition coefficient (Wildman–Crippen LogP) is 5.81. The first-order valence-corrected chi connectivity index (χ1v) is 11.9. The Labute approximate surface area is 211 Å². The van der Waals surface area contributed by atoms with E-state index in [1.54, 1.807) is 17.9 Å². The molecule has 0 saturated heterocycles. The molecule has 0 aliphatic rings. The molecule has 3 aromatic carbocycles. The van der Waals surface area contributed by atoms with Gasteiger partial charge in [-0.05, 0) is 36.8 Å². The van der Waals surface area contributed by atoms with Crippen LogP contribution in [0.2, 0.25) is 5.02 Å². The van der Waals surface area contributed by atoms with Gasteiger partial charge in [-0.2, -0.15) is 5.10 Å². The average Bonchev–Trinajstić information content (AvgIpc) is 3.19. The molecule has 7 heteroatoms. The highest BCUT2D eigenvalue weighted by atomic mass is 35.5.